The first kappa shape index (κ1) is 17.3. The fraction of sp³-hybridized carbons (Fsp3) is 0.348. The molecule has 1 atom stereocenters. The summed E-state index contributed by atoms with van der Waals surface area (Å²) in [5.74, 6) is 0.676. The lowest BCUT2D eigenvalue weighted by Crippen LogP contribution is -2.49. The van der Waals surface area contributed by atoms with Gasteiger partial charge in [-0.1, -0.05) is 42.5 Å². The van der Waals surface area contributed by atoms with E-state index in [9.17, 15) is 4.79 Å². The molecule has 1 saturated heterocycles. The van der Waals surface area contributed by atoms with Gasteiger partial charge >= 0.3 is 5.69 Å². The molecular weight excluding hydrogens is 348 g/mol. The quantitative estimate of drug-likeness (QED) is 0.685. The molecule has 28 heavy (non-hydrogen) atoms. The van der Waals surface area contributed by atoms with E-state index in [0.29, 0.717) is 12.0 Å². The maximum absolute atomic E-state index is 11.5. The lowest BCUT2D eigenvalue weighted by molar-refractivity contribution is 0.137. The van der Waals surface area contributed by atoms with E-state index in [-0.39, 0.29) is 5.69 Å². The number of H-pyrrole nitrogens is 2. The van der Waals surface area contributed by atoms with Crippen LogP contribution in [0.4, 0.5) is 5.69 Å². The molecule has 0 spiro atoms. The summed E-state index contributed by atoms with van der Waals surface area (Å²) in [5.41, 5.74) is 4.22. The fourth-order valence-electron chi connectivity index (χ4n) is 4.80. The summed E-state index contributed by atoms with van der Waals surface area (Å²) < 4.78 is 0. The van der Waals surface area contributed by atoms with Crippen molar-refractivity contribution >= 4 is 16.7 Å². The number of allylic oxidation sites excluding steroid dienone is 2. The van der Waals surface area contributed by atoms with Crippen LogP contribution >= 0.6 is 0 Å². The molecular formula is C23H26N4O. The minimum absolute atomic E-state index is 0.146. The normalized spacial score (nSPS) is 19.5. The van der Waals surface area contributed by atoms with Crippen molar-refractivity contribution in [1.29, 1.82) is 0 Å². The Kier molecular flexibility index (Phi) is 4.53. The van der Waals surface area contributed by atoms with Gasteiger partial charge in [-0.2, -0.15) is 0 Å². The van der Waals surface area contributed by atoms with Gasteiger partial charge in [0.1, 0.15) is 0 Å². The molecule has 5 rings (SSSR count). The summed E-state index contributed by atoms with van der Waals surface area (Å²) in [6.07, 6.45) is 7.03. The van der Waals surface area contributed by atoms with Gasteiger partial charge in [0, 0.05) is 37.9 Å². The van der Waals surface area contributed by atoms with Gasteiger partial charge in [-0.15, -0.1) is 0 Å². The maximum atomic E-state index is 11.5. The molecule has 5 heteroatoms. The van der Waals surface area contributed by atoms with Crippen LogP contribution < -0.4 is 10.6 Å². The van der Waals surface area contributed by atoms with Crippen LogP contribution in [-0.4, -0.2) is 41.0 Å². The Morgan fingerprint density at radius 2 is 1.57 bits per heavy atom. The third-order valence-electron chi connectivity index (χ3n) is 6.20. The van der Waals surface area contributed by atoms with E-state index in [4.69, 9.17) is 0 Å². The Hall–Kier alpha value is -2.79. The summed E-state index contributed by atoms with van der Waals surface area (Å²) in [4.78, 5) is 22.3. The molecule has 1 fully saturated rings. The molecule has 2 heterocycles. The first-order valence-corrected chi connectivity index (χ1v) is 10.2. The highest BCUT2D eigenvalue weighted by molar-refractivity contribution is 5.79. The Bertz CT molecular complexity index is 1020. The molecule has 1 unspecified atom stereocenters. The smallest absolute Gasteiger partial charge is 0.323 e. The number of aromatic amines is 2. The van der Waals surface area contributed by atoms with Crippen molar-refractivity contribution in [2.45, 2.75) is 18.9 Å². The lowest BCUT2D eigenvalue weighted by Gasteiger charge is -2.42. The largest absolute Gasteiger partial charge is 0.369 e. The highest BCUT2D eigenvalue weighted by atomic mass is 16.1. The van der Waals surface area contributed by atoms with Crippen molar-refractivity contribution in [3.8, 4) is 0 Å². The summed E-state index contributed by atoms with van der Waals surface area (Å²) in [6, 6.07) is 17.7. The molecule has 1 aliphatic heterocycles. The van der Waals surface area contributed by atoms with Gasteiger partial charge in [-0.25, -0.2) is 4.79 Å². The van der Waals surface area contributed by atoms with Gasteiger partial charge in [-0.05, 0) is 42.5 Å². The van der Waals surface area contributed by atoms with E-state index >= 15 is 0 Å². The van der Waals surface area contributed by atoms with Crippen LogP contribution in [0.25, 0.3) is 11.0 Å². The number of hydrogen-bond acceptors (Lipinski definition) is 3. The van der Waals surface area contributed by atoms with Crippen molar-refractivity contribution in [2.75, 3.05) is 31.1 Å². The van der Waals surface area contributed by atoms with Gasteiger partial charge in [0.2, 0.25) is 0 Å². The molecule has 0 saturated carbocycles. The Morgan fingerprint density at radius 3 is 2.32 bits per heavy atom. The third-order valence-corrected chi connectivity index (χ3v) is 6.20. The van der Waals surface area contributed by atoms with Crippen LogP contribution in [0.15, 0.2) is 65.5 Å². The molecule has 3 aromatic rings. The topological polar surface area (TPSA) is 55.1 Å². The summed E-state index contributed by atoms with van der Waals surface area (Å²) in [6.45, 7) is 4.11. The summed E-state index contributed by atoms with van der Waals surface area (Å²) >= 11 is 0. The molecule has 5 nitrogen and oxygen atoms in total. The van der Waals surface area contributed by atoms with E-state index < -0.39 is 0 Å². The second-order valence-electron chi connectivity index (χ2n) is 7.89. The lowest BCUT2D eigenvalue weighted by atomic mass is 9.89. The van der Waals surface area contributed by atoms with E-state index in [1.54, 1.807) is 0 Å². The second-order valence-corrected chi connectivity index (χ2v) is 7.89. The first-order valence-electron chi connectivity index (χ1n) is 10.2. The molecule has 0 amide bonds. The predicted molar refractivity (Wildman–Crippen MR) is 114 cm³/mol. The van der Waals surface area contributed by atoms with E-state index in [1.165, 1.54) is 24.1 Å². The van der Waals surface area contributed by atoms with Crippen LogP contribution in [0.2, 0.25) is 0 Å². The molecule has 1 aliphatic carbocycles. The van der Waals surface area contributed by atoms with Gasteiger partial charge in [-0.3, -0.25) is 4.90 Å². The monoisotopic (exact) mass is 374 g/mol. The average Bonchev–Trinajstić information content (AvgIpc) is 3.38. The van der Waals surface area contributed by atoms with Crippen molar-refractivity contribution < 1.29 is 0 Å². The highest BCUT2D eigenvalue weighted by Crippen LogP contribution is 2.37. The van der Waals surface area contributed by atoms with Crippen molar-refractivity contribution in [1.82, 2.24) is 14.9 Å². The zero-order valence-corrected chi connectivity index (χ0v) is 16.0. The highest BCUT2D eigenvalue weighted by Gasteiger charge is 2.31. The van der Waals surface area contributed by atoms with Crippen molar-refractivity contribution in [2.24, 2.45) is 5.92 Å². The Labute approximate surface area is 164 Å². The minimum atomic E-state index is -0.146. The fourth-order valence-corrected chi connectivity index (χ4v) is 4.80. The maximum Gasteiger partial charge on any atom is 0.323 e. The number of fused-ring (bicyclic) bond motifs is 1. The zero-order chi connectivity index (χ0) is 18.9. The number of anilines is 1. The van der Waals surface area contributed by atoms with Gasteiger partial charge in [0.05, 0.1) is 11.0 Å². The van der Waals surface area contributed by atoms with Crippen LogP contribution in [0.5, 0.6) is 0 Å². The number of benzene rings is 2. The molecule has 1 aromatic heterocycles. The number of nitrogens with zero attached hydrogens (tertiary/aromatic N) is 2. The second kappa shape index (κ2) is 7.32. The first-order chi connectivity index (χ1) is 13.8. The van der Waals surface area contributed by atoms with E-state index in [0.717, 1.165) is 37.2 Å². The summed E-state index contributed by atoms with van der Waals surface area (Å²) in [7, 11) is 0. The van der Waals surface area contributed by atoms with Crippen LogP contribution in [0.1, 0.15) is 24.4 Å². The average molecular weight is 374 g/mol. The number of imidazole rings is 1. The molecule has 2 N–H and O–H groups in total. The van der Waals surface area contributed by atoms with Crippen LogP contribution in [-0.2, 0) is 0 Å². The molecule has 144 valence electrons. The van der Waals surface area contributed by atoms with Gasteiger partial charge < -0.3 is 14.9 Å². The van der Waals surface area contributed by atoms with Gasteiger partial charge in [0.25, 0.3) is 0 Å². The third kappa shape index (κ3) is 3.27. The summed E-state index contributed by atoms with van der Waals surface area (Å²) in [5, 5.41) is 0. The molecule has 2 aliphatic rings. The number of hydrogen-bond donors (Lipinski definition) is 2. The SMILES string of the molecule is O=c1[nH]c2ccc(N3CCN(C(c4ccccc4)C4CC=CC4)CC3)cc2[nH]1. The van der Waals surface area contributed by atoms with Crippen molar-refractivity contribution in [3.05, 3.63) is 76.7 Å². The molecule has 0 bridgehead atoms. The standard InChI is InChI=1S/C23H26N4O/c28-23-24-20-11-10-19(16-21(20)25-23)26-12-14-27(15-13-26)22(18-8-4-5-9-18)17-6-2-1-3-7-17/h1-7,10-11,16,18,22H,8-9,12-15H2,(H2,24,25,28). The van der Waals surface area contributed by atoms with Gasteiger partial charge in [0.15, 0.2) is 0 Å². The number of rotatable bonds is 4. The number of aromatic nitrogens is 2. The predicted octanol–water partition coefficient (Wildman–Crippen LogP) is 3.69. The van der Waals surface area contributed by atoms with E-state index in [1.807, 2.05) is 6.07 Å². The molecule has 2 aromatic carbocycles. The number of nitrogens with one attached hydrogen (secondary N) is 2. The van der Waals surface area contributed by atoms with Crippen LogP contribution in [0, 0.1) is 5.92 Å². The number of piperazine rings is 1. The zero-order valence-electron chi connectivity index (χ0n) is 16.0. The Morgan fingerprint density at radius 1 is 0.857 bits per heavy atom. The van der Waals surface area contributed by atoms with E-state index in [2.05, 4.69) is 74.4 Å². The Balaban J connectivity index is 1.33. The van der Waals surface area contributed by atoms with Crippen LogP contribution in [0.3, 0.4) is 0 Å². The minimum Gasteiger partial charge on any atom is -0.369 e. The molecule has 0 radical (unpaired) electrons. The van der Waals surface area contributed by atoms with Crippen molar-refractivity contribution in [3.63, 3.8) is 0 Å².